The van der Waals surface area contributed by atoms with Crippen molar-refractivity contribution in [1.29, 1.82) is 0 Å². The van der Waals surface area contributed by atoms with Gasteiger partial charge in [-0.3, -0.25) is 4.79 Å². The van der Waals surface area contributed by atoms with Crippen LogP contribution >= 0.6 is 0 Å². The maximum Gasteiger partial charge on any atom is 0.306 e. The predicted octanol–water partition coefficient (Wildman–Crippen LogP) is 3.73. The Morgan fingerprint density at radius 1 is 1.20 bits per heavy atom. The summed E-state index contributed by atoms with van der Waals surface area (Å²) in [6, 6.07) is 5.59. The molecule has 2 aliphatic rings. The highest BCUT2D eigenvalue weighted by molar-refractivity contribution is 5.75. The van der Waals surface area contributed by atoms with Gasteiger partial charge in [0.2, 0.25) is 0 Å². The highest BCUT2D eigenvalue weighted by Crippen LogP contribution is 2.43. The summed E-state index contributed by atoms with van der Waals surface area (Å²) < 4.78 is 11.6. The minimum atomic E-state index is -0.818. The number of benzene rings is 1. The number of carbonyl (C=O) groups is 2. The zero-order chi connectivity index (χ0) is 17.9. The molecule has 2 aliphatic carbocycles. The summed E-state index contributed by atoms with van der Waals surface area (Å²) in [6.07, 6.45) is 7.93. The lowest BCUT2D eigenvalue weighted by atomic mass is 9.66. The summed E-state index contributed by atoms with van der Waals surface area (Å²) in [7, 11) is 1.60. The largest absolute Gasteiger partial charge is 0.493 e. The molecule has 0 radical (unpaired) electrons. The summed E-state index contributed by atoms with van der Waals surface area (Å²) in [6.45, 7) is 0. The molecule has 0 bridgehead atoms. The second kappa shape index (κ2) is 7.46. The second-order valence-corrected chi connectivity index (χ2v) is 7.30. The van der Waals surface area contributed by atoms with E-state index >= 15 is 0 Å². The van der Waals surface area contributed by atoms with Gasteiger partial charge >= 0.3 is 5.97 Å². The van der Waals surface area contributed by atoms with Gasteiger partial charge in [0, 0.05) is 0 Å². The van der Waals surface area contributed by atoms with Crippen molar-refractivity contribution in [2.24, 2.45) is 5.92 Å². The molecule has 1 N–H and O–H groups in total. The van der Waals surface area contributed by atoms with Crippen molar-refractivity contribution in [2.75, 3.05) is 7.11 Å². The molecule has 5 nitrogen and oxygen atoms in total. The fourth-order valence-electron chi connectivity index (χ4n) is 4.22. The summed E-state index contributed by atoms with van der Waals surface area (Å²) in [5, 5.41) is 9.38. The van der Waals surface area contributed by atoms with Gasteiger partial charge in [0.25, 0.3) is 0 Å². The third-order valence-corrected chi connectivity index (χ3v) is 5.70. The quantitative estimate of drug-likeness (QED) is 0.795. The Kier molecular flexibility index (Phi) is 5.30. The van der Waals surface area contributed by atoms with Crippen molar-refractivity contribution in [3.63, 3.8) is 0 Å². The Hall–Kier alpha value is -2.04. The highest BCUT2D eigenvalue weighted by Gasteiger charge is 2.40. The Morgan fingerprint density at radius 2 is 1.96 bits per heavy atom. The molecule has 0 spiro atoms. The van der Waals surface area contributed by atoms with Crippen LogP contribution in [0.4, 0.5) is 0 Å². The van der Waals surface area contributed by atoms with E-state index in [2.05, 4.69) is 0 Å². The first-order chi connectivity index (χ1) is 12.1. The molecule has 136 valence electrons. The van der Waals surface area contributed by atoms with E-state index in [1.54, 1.807) is 7.11 Å². The van der Waals surface area contributed by atoms with Gasteiger partial charge in [-0.05, 0) is 62.6 Å². The molecule has 0 aromatic heterocycles. The van der Waals surface area contributed by atoms with Crippen molar-refractivity contribution in [2.45, 2.75) is 62.9 Å². The molecule has 25 heavy (non-hydrogen) atoms. The second-order valence-electron chi connectivity index (χ2n) is 7.30. The number of ether oxygens (including phenoxy) is 2. The topological polar surface area (TPSA) is 72.8 Å². The number of carboxylic acids is 1. The van der Waals surface area contributed by atoms with Gasteiger partial charge in [0.1, 0.15) is 6.29 Å². The number of aliphatic carboxylic acids is 1. The van der Waals surface area contributed by atoms with Gasteiger partial charge in [-0.25, -0.2) is 0 Å². The van der Waals surface area contributed by atoms with Gasteiger partial charge in [-0.1, -0.05) is 12.5 Å². The Balaban J connectivity index is 1.91. The molecule has 5 heteroatoms. The highest BCUT2D eigenvalue weighted by atomic mass is 16.5. The van der Waals surface area contributed by atoms with E-state index in [1.165, 1.54) is 12.8 Å². The standard InChI is InChI=1S/C20H26O5/c1-24-17-9-8-15(11-18(17)25-16-6-2-3-7-16)20(13-21)10-4-5-14(12-20)19(22)23/h8-9,11,13-14,16H,2-7,10,12H2,1H3,(H,22,23). The first-order valence-corrected chi connectivity index (χ1v) is 9.12. The van der Waals surface area contributed by atoms with E-state index in [-0.39, 0.29) is 6.10 Å². The van der Waals surface area contributed by atoms with Crippen LogP contribution in [-0.4, -0.2) is 30.6 Å². The maximum absolute atomic E-state index is 12.0. The Morgan fingerprint density at radius 3 is 2.60 bits per heavy atom. The maximum atomic E-state index is 12.0. The van der Waals surface area contributed by atoms with Crippen molar-refractivity contribution in [1.82, 2.24) is 0 Å². The van der Waals surface area contributed by atoms with Crippen LogP contribution in [-0.2, 0) is 15.0 Å². The fraction of sp³-hybridized carbons (Fsp3) is 0.600. The molecular weight excluding hydrogens is 320 g/mol. The van der Waals surface area contributed by atoms with E-state index in [0.29, 0.717) is 30.8 Å². The number of hydrogen-bond donors (Lipinski definition) is 1. The molecule has 1 aromatic carbocycles. The number of carboxylic acid groups (broad SMARTS) is 1. The molecular formula is C20H26O5. The summed E-state index contributed by atoms with van der Waals surface area (Å²) in [5.41, 5.74) is 0.0868. The lowest BCUT2D eigenvalue weighted by Crippen LogP contribution is -2.37. The van der Waals surface area contributed by atoms with E-state index in [4.69, 9.17) is 9.47 Å². The average Bonchev–Trinajstić information content (AvgIpc) is 3.14. The van der Waals surface area contributed by atoms with Crippen molar-refractivity contribution in [3.8, 4) is 11.5 Å². The number of methoxy groups -OCH3 is 1. The van der Waals surface area contributed by atoms with Crippen LogP contribution in [0.15, 0.2) is 18.2 Å². The van der Waals surface area contributed by atoms with Gasteiger partial charge in [-0.15, -0.1) is 0 Å². The molecule has 0 amide bonds. The van der Waals surface area contributed by atoms with Crippen molar-refractivity contribution < 1.29 is 24.2 Å². The van der Waals surface area contributed by atoms with E-state index < -0.39 is 17.3 Å². The van der Waals surface area contributed by atoms with E-state index in [1.807, 2.05) is 18.2 Å². The SMILES string of the molecule is COc1ccc(C2(C=O)CCCC(C(=O)O)C2)cc1OC1CCCC1. The van der Waals surface area contributed by atoms with Crippen LogP contribution in [0, 0.1) is 5.92 Å². The van der Waals surface area contributed by atoms with Gasteiger partial charge < -0.3 is 19.4 Å². The fourth-order valence-corrected chi connectivity index (χ4v) is 4.22. The summed E-state index contributed by atoms with van der Waals surface area (Å²) in [5.74, 6) is 0.0231. The van der Waals surface area contributed by atoms with Crippen LogP contribution in [0.2, 0.25) is 0 Å². The molecule has 0 saturated heterocycles. The molecule has 0 aliphatic heterocycles. The van der Waals surface area contributed by atoms with Gasteiger partial charge in [0.05, 0.1) is 24.5 Å². The normalized spacial score (nSPS) is 27.0. The van der Waals surface area contributed by atoms with Gasteiger partial charge in [0.15, 0.2) is 11.5 Å². The Labute approximate surface area is 148 Å². The molecule has 3 rings (SSSR count). The van der Waals surface area contributed by atoms with E-state index in [9.17, 15) is 14.7 Å². The summed E-state index contributed by atoms with van der Waals surface area (Å²) in [4.78, 5) is 23.4. The number of aldehydes is 1. The monoisotopic (exact) mass is 346 g/mol. The number of hydrogen-bond acceptors (Lipinski definition) is 4. The first-order valence-electron chi connectivity index (χ1n) is 9.12. The van der Waals surface area contributed by atoms with Gasteiger partial charge in [-0.2, -0.15) is 0 Å². The first kappa shape index (κ1) is 17.8. The van der Waals surface area contributed by atoms with Crippen LogP contribution in [0.1, 0.15) is 56.9 Å². The summed E-state index contributed by atoms with van der Waals surface area (Å²) >= 11 is 0. The molecule has 0 heterocycles. The predicted molar refractivity (Wildman–Crippen MR) is 93.2 cm³/mol. The van der Waals surface area contributed by atoms with Crippen LogP contribution in [0.5, 0.6) is 11.5 Å². The zero-order valence-corrected chi connectivity index (χ0v) is 14.7. The van der Waals surface area contributed by atoms with Crippen LogP contribution < -0.4 is 9.47 Å². The minimum absolute atomic E-state index is 0.189. The van der Waals surface area contributed by atoms with Crippen LogP contribution in [0.3, 0.4) is 0 Å². The van der Waals surface area contributed by atoms with Crippen LogP contribution in [0.25, 0.3) is 0 Å². The smallest absolute Gasteiger partial charge is 0.306 e. The minimum Gasteiger partial charge on any atom is -0.493 e. The molecule has 2 saturated carbocycles. The lowest BCUT2D eigenvalue weighted by Gasteiger charge is -2.36. The average molecular weight is 346 g/mol. The molecule has 2 unspecified atom stereocenters. The van der Waals surface area contributed by atoms with Crippen molar-refractivity contribution >= 4 is 12.3 Å². The third kappa shape index (κ3) is 3.65. The third-order valence-electron chi connectivity index (χ3n) is 5.70. The Bertz CT molecular complexity index is 635. The lowest BCUT2D eigenvalue weighted by molar-refractivity contribution is -0.143. The molecule has 2 atom stereocenters. The zero-order valence-electron chi connectivity index (χ0n) is 14.7. The molecule has 2 fully saturated rings. The number of rotatable bonds is 6. The number of carbonyl (C=O) groups excluding carboxylic acids is 1. The molecule has 1 aromatic rings. The van der Waals surface area contributed by atoms with Crippen molar-refractivity contribution in [3.05, 3.63) is 23.8 Å². The van der Waals surface area contributed by atoms with E-state index in [0.717, 1.165) is 31.1 Å².